The highest BCUT2D eigenvalue weighted by Gasteiger charge is 2.45. The Kier molecular flexibility index (Phi) is 3.56. The third-order valence-electron chi connectivity index (χ3n) is 4.23. The first kappa shape index (κ1) is 12.8. The first-order chi connectivity index (χ1) is 8.68. The number of carbonyl (C=O) groups excluding carboxylic acids is 1. The zero-order valence-electron chi connectivity index (χ0n) is 10.7. The Morgan fingerprint density at radius 1 is 1.28 bits per heavy atom. The van der Waals surface area contributed by atoms with Crippen molar-refractivity contribution in [2.45, 2.75) is 60.6 Å². The van der Waals surface area contributed by atoms with Crippen LogP contribution in [0.5, 0.6) is 0 Å². The van der Waals surface area contributed by atoms with E-state index in [1.54, 1.807) is 0 Å². The number of rotatable bonds is 5. The molecule has 5 heteroatoms. The molecule has 1 saturated heterocycles. The van der Waals surface area contributed by atoms with Gasteiger partial charge in [0.25, 0.3) is 0 Å². The molecule has 3 rings (SSSR count). The highest BCUT2D eigenvalue weighted by molar-refractivity contribution is 8.00. The molecule has 0 bridgehead atoms. The first-order valence-corrected chi connectivity index (χ1v) is 7.93. The molecule has 3 N–H and O–H groups in total. The highest BCUT2D eigenvalue weighted by Crippen LogP contribution is 2.39. The van der Waals surface area contributed by atoms with Crippen LogP contribution in [0.15, 0.2) is 0 Å². The van der Waals surface area contributed by atoms with Crippen LogP contribution in [0.1, 0.15) is 38.5 Å². The Bertz CT molecular complexity index is 331. The van der Waals surface area contributed by atoms with E-state index in [1.165, 1.54) is 19.3 Å². The maximum absolute atomic E-state index is 11.9. The third-order valence-corrected chi connectivity index (χ3v) is 5.67. The summed E-state index contributed by atoms with van der Waals surface area (Å²) in [5.74, 6) is -0.149. The van der Waals surface area contributed by atoms with E-state index < -0.39 is 5.54 Å². The Hall–Kier alpha value is -0.260. The van der Waals surface area contributed by atoms with E-state index in [4.69, 9.17) is 10.5 Å². The predicted octanol–water partition coefficient (Wildman–Crippen LogP) is 1.04. The van der Waals surface area contributed by atoms with Crippen molar-refractivity contribution >= 4 is 17.7 Å². The molecule has 2 atom stereocenters. The molecule has 1 aliphatic heterocycles. The topological polar surface area (TPSA) is 64.4 Å². The molecule has 1 amide bonds. The fourth-order valence-corrected chi connectivity index (χ4v) is 4.53. The minimum atomic E-state index is -0.429. The van der Waals surface area contributed by atoms with Crippen molar-refractivity contribution < 1.29 is 9.53 Å². The van der Waals surface area contributed by atoms with Gasteiger partial charge in [0, 0.05) is 11.3 Å². The lowest BCUT2D eigenvalue weighted by molar-refractivity contribution is -0.125. The van der Waals surface area contributed by atoms with Crippen LogP contribution >= 0.6 is 11.8 Å². The largest absolute Gasteiger partial charge is 0.379 e. The predicted molar refractivity (Wildman–Crippen MR) is 72.5 cm³/mol. The van der Waals surface area contributed by atoms with Gasteiger partial charge in [-0.15, -0.1) is 0 Å². The molecule has 4 nitrogen and oxygen atoms in total. The van der Waals surface area contributed by atoms with E-state index >= 15 is 0 Å². The average molecular weight is 270 g/mol. The van der Waals surface area contributed by atoms with E-state index in [2.05, 4.69) is 5.32 Å². The number of hydrogen-bond donors (Lipinski definition) is 2. The normalized spacial score (nSPS) is 37.2. The Morgan fingerprint density at radius 2 is 2.06 bits per heavy atom. The fraction of sp³-hybridized carbons (Fsp3) is 0.923. The van der Waals surface area contributed by atoms with Crippen LogP contribution < -0.4 is 11.1 Å². The lowest BCUT2D eigenvalue weighted by Crippen LogP contribution is -2.59. The van der Waals surface area contributed by atoms with E-state index in [-0.39, 0.29) is 5.91 Å². The number of thioether (sulfide) groups is 1. The number of nitrogens with one attached hydrogen (secondary N) is 1. The number of nitrogens with two attached hydrogens (primary N) is 1. The molecule has 2 aliphatic carbocycles. The monoisotopic (exact) mass is 270 g/mol. The summed E-state index contributed by atoms with van der Waals surface area (Å²) in [6.45, 7) is 1.75. The van der Waals surface area contributed by atoms with E-state index in [1.807, 2.05) is 11.8 Å². The maximum Gasteiger partial charge on any atom is 0.237 e. The van der Waals surface area contributed by atoms with Crippen LogP contribution in [0.4, 0.5) is 0 Å². The van der Waals surface area contributed by atoms with E-state index in [0.717, 1.165) is 32.5 Å². The van der Waals surface area contributed by atoms with Crippen molar-refractivity contribution in [3.8, 4) is 0 Å². The lowest BCUT2D eigenvalue weighted by Gasteiger charge is -2.41. The third kappa shape index (κ3) is 2.68. The van der Waals surface area contributed by atoms with Gasteiger partial charge < -0.3 is 15.8 Å². The van der Waals surface area contributed by atoms with E-state index in [0.29, 0.717) is 16.5 Å². The number of amides is 1. The van der Waals surface area contributed by atoms with Crippen LogP contribution in [-0.2, 0) is 9.53 Å². The minimum absolute atomic E-state index is 0.149. The molecule has 2 saturated carbocycles. The number of carbonyl (C=O) groups is 1. The molecule has 3 fully saturated rings. The van der Waals surface area contributed by atoms with Gasteiger partial charge >= 0.3 is 0 Å². The van der Waals surface area contributed by atoms with Crippen LogP contribution in [-0.4, -0.2) is 41.2 Å². The quantitative estimate of drug-likeness (QED) is 0.783. The van der Waals surface area contributed by atoms with Crippen molar-refractivity contribution in [1.82, 2.24) is 5.32 Å². The Balaban J connectivity index is 1.62. The molecular formula is C13H22N2O2S. The first-order valence-electron chi connectivity index (χ1n) is 6.99. The summed E-state index contributed by atoms with van der Waals surface area (Å²) in [6.07, 6.45) is 6.53. The number of ether oxygens (including phenoxy) is 1. The van der Waals surface area contributed by atoms with E-state index in [9.17, 15) is 4.79 Å². The summed E-state index contributed by atoms with van der Waals surface area (Å²) in [4.78, 5) is 11.9. The summed E-state index contributed by atoms with van der Waals surface area (Å²) >= 11 is 2.00. The molecule has 3 aliphatic rings. The zero-order chi connectivity index (χ0) is 12.6. The highest BCUT2D eigenvalue weighted by atomic mass is 32.2. The summed E-state index contributed by atoms with van der Waals surface area (Å²) < 4.78 is 5.22. The van der Waals surface area contributed by atoms with Gasteiger partial charge in [0.15, 0.2) is 0 Å². The van der Waals surface area contributed by atoms with Gasteiger partial charge in [0.1, 0.15) is 0 Å². The summed E-state index contributed by atoms with van der Waals surface area (Å²) in [6, 6.07) is 0.535. The maximum atomic E-state index is 11.9. The standard InChI is InChI=1S/C13H22N2O2S/c14-12(16)13(15-9-3-4-9)5-1-2-10(6-13)18-11-7-17-8-11/h9-11,15H,1-8H2,(H2,14,16). The van der Waals surface area contributed by atoms with Crippen molar-refractivity contribution in [2.24, 2.45) is 5.73 Å². The Morgan fingerprint density at radius 3 is 2.61 bits per heavy atom. The van der Waals surface area contributed by atoms with Crippen molar-refractivity contribution in [3.05, 3.63) is 0 Å². The van der Waals surface area contributed by atoms with Crippen LogP contribution in [0.2, 0.25) is 0 Å². The second kappa shape index (κ2) is 5.02. The Labute approximate surface area is 112 Å². The summed E-state index contributed by atoms with van der Waals surface area (Å²) in [5.41, 5.74) is 5.25. The van der Waals surface area contributed by atoms with Gasteiger partial charge in [-0.25, -0.2) is 0 Å². The molecule has 0 aromatic rings. The van der Waals surface area contributed by atoms with Crippen molar-refractivity contribution in [2.75, 3.05) is 13.2 Å². The molecular weight excluding hydrogens is 248 g/mol. The van der Waals surface area contributed by atoms with Crippen molar-refractivity contribution in [3.63, 3.8) is 0 Å². The second-order valence-electron chi connectivity index (χ2n) is 5.88. The fourth-order valence-electron chi connectivity index (χ4n) is 2.95. The van der Waals surface area contributed by atoms with Gasteiger partial charge in [0.05, 0.1) is 24.0 Å². The number of hydrogen-bond acceptors (Lipinski definition) is 4. The van der Waals surface area contributed by atoms with Gasteiger partial charge in [-0.3, -0.25) is 4.79 Å². The molecule has 2 unspecified atom stereocenters. The van der Waals surface area contributed by atoms with Crippen molar-refractivity contribution in [1.29, 1.82) is 0 Å². The summed E-state index contributed by atoms with van der Waals surface area (Å²) in [5, 5.41) is 4.73. The van der Waals surface area contributed by atoms with Crippen LogP contribution in [0.25, 0.3) is 0 Å². The molecule has 0 spiro atoms. The molecule has 18 heavy (non-hydrogen) atoms. The van der Waals surface area contributed by atoms with Gasteiger partial charge in [-0.1, -0.05) is 0 Å². The zero-order valence-corrected chi connectivity index (χ0v) is 11.5. The minimum Gasteiger partial charge on any atom is -0.379 e. The van der Waals surface area contributed by atoms with Crippen LogP contribution in [0.3, 0.4) is 0 Å². The summed E-state index contributed by atoms with van der Waals surface area (Å²) in [7, 11) is 0. The molecule has 0 radical (unpaired) electrons. The number of primary amides is 1. The SMILES string of the molecule is NC(=O)C1(NC2CC2)CCCC(SC2COC2)C1. The molecule has 0 aromatic carbocycles. The molecule has 102 valence electrons. The van der Waals surface area contributed by atoms with Gasteiger partial charge in [-0.2, -0.15) is 11.8 Å². The smallest absolute Gasteiger partial charge is 0.237 e. The van der Waals surface area contributed by atoms with Gasteiger partial charge in [-0.05, 0) is 38.5 Å². The average Bonchev–Trinajstić information content (AvgIpc) is 3.08. The van der Waals surface area contributed by atoms with Crippen LogP contribution in [0, 0.1) is 0 Å². The molecule has 0 aromatic heterocycles. The van der Waals surface area contributed by atoms with Gasteiger partial charge in [0.2, 0.25) is 5.91 Å². The second-order valence-corrected chi connectivity index (χ2v) is 7.48. The molecule has 1 heterocycles. The lowest BCUT2D eigenvalue weighted by atomic mass is 9.80.